The Labute approximate surface area is 83.1 Å². The minimum absolute atomic E-state index is 0.555. The number of halogens is 1. The molecule has 0 aliphatic heterocycles. The van der Waals surface area contributed by atoms with Crippen molar-refractivity contribution < 1.29 is 9.84 Å². The maximum atomic E-state index is 9.42. The summed E-state index contributed by atoms with van der Waals surface area (Å²) in [5, 5.41) is 10.0. The molecule has 0 amide bonds. The second-order valence-corrected chi connectivity index (χ2v) is 3.23. The Balaban J connectivity index is 3.03. The molecule has 0 radical (unpaired) electrons. The summed E-state index contributed by atoms with van der Waals surface area (Å²) in [5.41, 5.74) is 0.731. The van der Waals surface area contributed by atoms with Crippen molar-refractivity contribution in [2.45, 2.75) is 20.0 Å². The predicted octanol–water partition coefficient (Wildman–Crippen LogP) is 2.79. The van der Waals surface area contributed by atoms with Crippen LogP contribution in [-0.2, 0) is 0 Å². The van der Waals surface area contributed by atoms with Crippen LogP contribution < -0.4 is 4.74 Å². The molecular weight excluding hydrogens is 188 g/mol. The molecule has 3 heteroatoms. The standard InChI is InChI=1S/C10H13ClO2/c1-3-13-10-5-4-8(11)6-9(10)7(2)12/h4-7,12H,3H2,1-2H3/t7-/m0/s1. The number of hydrogen-bond acceptors (Lipinski definition) is 2. The van der Waals surface area contributed by atoms with E-state index in [4.69, 9.17) is 16.3 Å². The zero-order chi connectivity index (χ0) is 9.84. The summed E-state index contributed by atoms with van der Waals surface area (Å²) in [4.78, 5) is 0. The number of aliphatic hydroxyl groups excluding tert-OH is 1. The molecule has 1 N–H and O–H groups in total. The van der Waals surface area contributed by atoms with E-state index in [1.165, 1.54) is 0 Å². The SMILES string of the molecule is CCOc1ccc(Cl)cc1[C@H](C)O. The van der Waals surface area contributed by atoms with Crippen LogP contribution in [0.1, 0.15) is 25.5 Å². The van der Waals surface area contributed by atoms with Gasteiger partial charge >= 0.3 is 0 Å². The first-order valence-corrected chi connectivity index (χ1v) is 4.63. The van der Waals surface area contributed by atoms with Gasteiger partial charge in [0.15, 0.2) is 0 Å². The fourth-order valence-corrected chi connectivity index (χ4v) is 1.31. The average Bonchev–Trinajstić information content (AvgIpc) is 2.08. The fourth-order valence-electron chi connectivity index (χ4n) is 1.13. The first-order chi connectivity index (χ1) is 6.15. The summed E-state index contributed by atoms with van der Waals surface area (Å²) in [5.74, 6) is 0.696. The molecule has 0 aliphatic carbocycles. The van der Waals surface area contributed by atoms with Gasteiger partial charge < -0.3 is 9.84 Å². The van der Waals surface area contributed by atoms with Crippen molar-refractivity contribution in [2.75, 3.05) is 6.61 Å². The molecule has 1 atom stereocenters. The van der Waals surface area contributed by atoms with Crippen molar-refractivity contribution >= 4 is 11.6 Å². The van der Waals surface area contributed by atoms with E-state index in [2.05, 4.69) is 0 Å². The Morgan fingerprint density at radius 1 is 1.54 bits per heavy atom. The third-order valence-corrected chi connectivity index (χ3v) is 1.96. The van der Waals surface area contributed by atoms with E-state index in [9.17, 15) is 5.11 Å². The highest BCUT2D eigenvalue weighted by atomic mass is 35.5. The molecule has 0 heterocycles. The summed E-state index contributed by atoms with van der Waals surface area (Å²) in [6.07, 6.45) is -0.555. The number of aliphatic hydroxyl groups is 1. The second-order valence-electron chi connectivity index (χ2n) is 2.79. The summed E-state index contributed by atoms with van der Waals surface area (Å²) in [6.45, 7) is 4.18. The lowest BCUT2D eigenvalue weighted by Crippen LogP contribution is -1.99. The molecule has 0 aliphatic rings. The highest BCUT2D eigenvalue weighted by molar-refractivity contribution is 6.30. The van der Waals surface area contributed by atoms with Gasteiger partial charge in [0.1, 0.15) is 5.75 Å². The minimum Gasteiger partial charge on any atom is -0.493 e. The van der Waals surface area contributed by atoms with Gasteiger partial charge in [-0.25, -0.2) is 0 Å². The Kier molecular flexibility index (Phi) is 3.58. The van der Waals surface area contributed by atoms with Crippen LogP contribution in [0, 0.1) is 0 Å². The summed E-state index contributed by atoms with van der Waals surface area (Å²) >= 11 is 5.79. The lowest BCUT2D eigenvalue weighted by molar-refractivity contribution is 0.192. The van der Waals surface area contributed by atoms with Gasteiger partial charge in [-0.05, 0) is 32.0 Å². The average molecular weight is 201 g/mol. The van der Waals surface area contributed by atoms with Crippen LogP contribution in [0.25, 0.3) is 0 Å². The molecule has 0 fully saturated rings. The Hall–Kier alpha value is -0.730. The number of hydrogen-bond donors (Lipinski definition) is 1. The molecule has 1 aromatic carbocycles. The van der Waals surface area contributed by atoms with E-state index < -0.39 is 6.10 Å². The molecule has 0 bridgehead atoms. The van der Waals surface area contributed by atoms with E-state index in [0.717, 1.165) is 5.56 Å². The third kappa shape index (κ3) is 2.61. The van der Waals surface area contributed by atoms with Crippen LogP contribution in [-0.4, -0.2) is 11.7 Å². The van der Waals surface area contributed by atoms with Crippen LogP contribution >= 0.6 is 11.6 Å². The van der Waals surface area contributed by atoms with Crippen LogP contribution in [0.4, 0.5) is 0 Å². The second kappa shape index (κ2) is 4.49. The zero-order valence-electron chi connectivity index (χ0n) is 7.75. The lowest BCUT2D eigenvalue weighted by Gasteiger charge is -2.12. The molecule has 72 valence electrons. The summed E-state index contributed by atoms with van der Waals surface area (Å²) in [7, 11) is 0. The summed E-state index contributed by atoms with van der Waals surface area (Å²) in [6, 6.07) is 5.24. The third-order valence-electron chi connectivity index (χ3n) is 1.72. The Bertz CT molecular complexity index is 284. The van der Waals surface area contributed by atoms with E-state index in [-0.39, 0.29) is 0 Å². The molecular formula is C10H13ClO2. The zero-order valence-corrected chi connectivity index (χ0v) is 8.51. The number of ether oxygens (including phenoxy) is 1. The van der Waals surface area contributed by atoms with E-state index in [1.54, 1.807) is 25.1 Å². The first kappa shape index (κ1) is 10.4. The lowest BCUT2D eigenvalue weighted by atomic mass is 10.1. The van der Waals surface area contributed by atoms with Gasteiger partial charge in [0.2, 0.25) is 0 Å². The van der Waals surface area contributed by atoms with Crippen molar-refractivity contribution in [3.8, 4) is 5.75 Å². The largest absolute Gasteiger partial charge is 0.493 e. The molecule has 13 heavy (non-hydrogen) atoms. The Morgan fingerprint density at radius 2 is 2.23 bits per heavy atom. The molecule has 0 unspecified atom stereocenters. The van der Waals surface area contributed by atoms with Crippen molar-refractivity contribution in [3.05, 3.63) is 28.8 Å². The van der Waals surface area contributed by atoms with Crippen LogP contribution in [0.15, 0.2) is 18.2 Å². The van der Waals surface area contributed by atoms with Crippen molar-refractivity contribution in [1.82, 2.24) is 0 Å². The molecule has 0 spiro atoms. The summed E-state index contributed by atoms with van der Waals surface area (Å²) < 4.78 is 5.33. The van der Waals surface area contributed by atoms with Gasteiger partial charge in [-0.1, -0.05) is 11.6 Å². The van der Waals surface area contributed by atoms with Crippen molar-refractivity contribution in [3.63, 3.8) is 0 Å². The van der Waals surface area contributed by atoms with Gasteiger partial charge in [0.05, 0.1) is 12.7 Å². The topological polar surface area (TPSA) is 29.5 Å². The monoisotopic (exact) mass is 200 g/mol. The van der Waals surface area contributed by atoms with Gasteiger partial charge in [-0.2, -0.15) is 0 Å². The van der Waals surface area contributed by atoms with Crippen LogP contribution in [0.3, 0.4) is 0 Å². The van der Waals surface area contributed by atoms with Crippen molar-refractivity contribution in [2.24, 2.45) is 0 Å². The maximum Gasteiger partial charge on any atom is 0.125 e. The smallest absolute Gasteiger partial charge is 0.125 e. The molecule has 1 rings (SSSR count). The van der Waals surface area contributed by atoms with E-state index in [1.807, 2.05) is 6.92 Å². The first-order valence-electron chi connectivity index (χ1n) is 4.25. The minimum atomic E-state index is -0.555. The van der Waals surface area contributed by atoms with Gasteiger partial charge in [0, 0.05) is 10.6 Å². The molecule has 2 nitrogen and oxygen atoms in total. The number of benzene rings is 1. The van der Waals surface area contributed by atoms with Crippen molar-refractivity contribution in [1.29, 1.82) is 0 Å². The quantitative estimate of drug-likeness (QED) is 0.813. The van der Waals surface area contributed by atoms with Gasteiger partial charge in [0.25, 0.3) is 0 Å². The molecule has 0 saturated carbocycles. The van der Waals surface area contributed by atoms with Crippen LogP contribution in [0.5, 0.6) is 5.75 Å². The Morgan fingerprint density at radius 3 is 2.77 bits per heavy atom. The predicted molar refractivity (Wildman–Crippen MR) is 53.3 cm³/mol. The molecule has 1 aromatic rings. The molecule has 0 aromatic heterocycles. The van der Waals surface area contributed by atoms with Crippen LogP contribution in [0.2, 0.25) is 5.02 Å². The highest BCUT2D eigenvalue weighted by Gasteiger charge is 2.08. The van der Waals surface area contributed by atoms with E-state index in [0.29, 0.717) is 17.4 Å². The van der Waals surface area contributed by atoms with Gasteiger partial charge in [-0.3, -0.25) is 0 Å². The van der Waals surface area contributed by atoms with E-state index >= 15 is 0 Å². The fraction of sp³-hybridized carbons (Fsp3) is 0.400. The number of rotatable bonds is 3. The molecule has 0 saturated heterocycles. The normalized spacial score (nSPS) is 12.6. The maximum absolute atomic E-state index is 9.42. The highest BCUT2D eigenvalue weighted by Crippen LogP contribution is 2.28. The van der Waals surface area contributed by atoms with Gasteiger partial charge in [-0.15, -0.1) is 0 Å².